The Morgan fingerprint density at radius 1 is 0.919 bits per heavy atom. The lowest BCUT2D eigenvalue weighted by molar-refractivity contribution is -0.330. The third-order valence-electron chi connectivity index (χ3n) is 8.16. The maximum absolute atomic E-state index is 10.6. The van der Waals surface area contributed by atoms with E-state index >= 15 is 0 Å². The lowest BCUT2D eigenvalue weighted by atomic mass is 9.51. The quantitative estimate of drug-likeness (QED) is 0.666. The molecule has 3 aliphatic heterocycles. The third kappa shape index (κ3) is 3.14. The molecule has 4 aliphatic rings. The van der Waals surface area contributed by atoms with Crippen LogP contribution in [0, 0.1) is 56.2 Å². The van der Waals surface area contributed by atoms with E-state index in [1.807, 2.05) is 30.3 Å². The molecular weight excluding hydrogens is 472 g/mol. The highest BCUT2D eigenvalue weighted by atomic mass is 16.7. The normalized spacial score (nSPS) is 32.4. The molecule has 0 aromatic heterocycles. The van der Waals surface area contributed by atoms with E-state index < -0.39 is 40.3 Å². The van der Waals surface area contributed by atoms with Gasteiger partial charge in [-0.25, -0.2) is 0 Å². The summed E-state index contributed by atoms with van der Waals surface area (Å²) in [5, 5.41) is 40.2. The highest BCUT2D eigenvalue weighted by molar-refractivity contribution is 5.89. The van der Waals surface area contributed by atoms with Crippen molar-refractivity contribution in [3.63, 3.8) is 0 Å². The number of benzene rings is 2. The lowest BCUT2D eigenvalue weighted by Gasteiger charge is -2.54. The Labute approximate surface area is 214 Å². The van der Waals surface area contributed by atoms with E-state index in [1.165, 1.54) is 0 Å². The van der Waals surface area contributed by atoms with Gasteiger partial charge < -0.3 is 23.7 Å². The van der Waals surface area contributed by atoms with Crippen molar-refractivity contribution in [1.82, 2.24) is 0 Å². The van der Waals surface area contributed by atoms with Crippen LogP contribution in [0.4, 0.5) is 0 Å². The van der Waals surface area contributed by atoms with Gasteiger partial charge in [0, 0.05) is 19.3 Å². The van der Waals surface area contributed by atoms with Crippen molar-refractivity contribution in [1.29, 1.82) is 21.2 Å². The van der Waals surface area contributed by atoms with Gasteiger partial charge >= 0.3 is 0 Å². The molecular formula is C28H24N4O5. The zero-order valence-corrected chi connectivity index (χ0v) is 20.0. The number of nitriles is 3. The van der Waals surface area contributed by atoms with Crippen LogP contribution < -0.4 is 4.74 Å². The minimum atomic E-state index is -2.03. The molecule has 37 heavy (non-hydrogen) atoms. The summed E-state index contributed by atoms with van der Waals surface area (Å²) in [4.78, 5) is 0. The monoisotopic (exact) mass is 496 g/mol. The van der Waals surface area contributed by atoms with Crippen LogP contribution in [0.5, 0.6) is 5.75 Å². The molecule has 1 spiro atoms. The number of ether oxygens (including phenoxy) is 5. The summed E-state index contributed by atoms with van der Waals surface area (Å²) in [7, 11) is 0. The zero-order valence-electron chi connectivity index (χ0n) is 20.0. The molecule has 4 atom stereocenters. The average molecular weight is 497 g/mol. The highest BCUT2D eigenvalue weighted by Gasteiger charge is 2.82. The molecule has 1 N–H and O–H groups in total. The molecule has 1 saturated carbocycles. The molecule has 4 unspecified atom stereocenters. The fourth-order valence-corrected chi connectivity index (χ4v) is 6.33. The zero-order chi connectivity index (χ0) is 25.7. The van der Waals surface area contributed by atoms with Crippen molar-refractivity contribution in [3.05, 3.63) is 65.7 Å². The molecule has 9 nitrogen and oxygen atoms in total. The summed E-state index contributed by atoms with van der Waals surface area (Å²) in [6.45, 7) is 1.22. The largest absolute Gasteiger partial charge is 0.489 e. The average Bonchev–Trinajstić information content (AvgIpc) is 3.47. The Balaban J connectivity index is 1.37. The first kappa shape index (κ1) is 23.5. The van der Waals surface area contributed by atoms with Crippen LogP contribution in [-0.2, 0) is 25.6 Å². The number of nitrogens with one attached hydrogen (secondary N) is 1. The molecule has 9 heteroatoms. The standard InChI is InChI=1S/C28H24N4O5/c29-16-25(17-30)23(20-6-8-21(9-7-20)33-15-19-4-2-1-3-5-19)36-28-11-10-26(34-12-13-35-26)14-22(28)27(25,18-31)24(32)37-28/h1-9,22-23,32H,10-15H2. The molecule has 4 fully saturated rings. The van der Waals surface area contributed by atoms with Gasteiger partial charge in [0.2, 0.25) is 17.1 Å². The van der Waals surface area contributed by atoms with Crippen molar-refractivity contribution < 1.29 is 23.7 Å². The second-order valence-electron chi connectivity index (χ2n) is 9.90. The predicted molar refractivity (Wildman–Crippen MR) is 126 cm³/mol. The summed E-state index contributed by atoms with van der Waals surface area (Å²) in [5.74, 6) is -2.86. The summed E-state index contributed by atoms with van der Waals surface area (Å²) in [5.41, 5.74) is -2.34. The maximum Gasteiger partial charge on any atom is 0.218 e. The molecule has 3 saturated heterocycles. The van der Waals surface area contributed by atoms with Crippen molar-refractivity contribution in [3.8, 4) is 24.0 Å². The maximum atomic E-state index is 10.6. The minimum absolute atomic E-state index is 0.188. The molecule has 0 amide bonds. The van der Waals surface area contributed by atoms with Crippen LogP contribution in [0.15, 0.2) is 54.6 Å². The predicted octanol–water partition coefficient (Wildman–Crippen LogP) is 4.13. The van der Waals surface area contributed by atoms with Gasteiger partial charge in [-0.3, -0.25) is 5.41 Å². The Bertz CT molecular complexity index is 1340. The van der Waals surface area contributed by atoms with Crippen molar-refractivity contribution in [2.45, 2.75) is 43.5 Å². The van der Waals surface area contributed by atoms with Crippen LogP contribution in [0.2, 0.25) is 0 Å². The molecule has 3 heterocycles. The van der Waals surface area contributed by atoms with Gasteiger partial charge in [0.05, 0.1) is 37.3 Å². The van der Waals surface area contributed by atoms with Crippen molar-refractivity contribution in [2.75, 3.05) is 13.2 Å². The Hall–Kier alpha value is -3.94. The SMILES string of the molecule is N#CC1(C#N)C(c2ccc(OCc3ccccc3)cc2)OC23CCC4(CC2C1(C#N)C(=N)O3)OCCO4. The molecule has 186 valence electrons. The molecule has 2 aromatic rings. The third-order valence-corrected chi connectivity index (χ3v) is 8.16. The fourth-order valence-electron chi connectivity index (χ4n) is 6.33. The van der Waals surface area contributed by atoms with E-state index in [4.69, 9.17) is 29.1 Å². The number of hydrogen-bond acceptors (Lipinski definition) is 9. The molecule has 6 rings (SSSR count). The van der Waals surface area contributed by atoms with Crippen LogP contribution >= 0.6 is 0 Å². The summed E-state index contributed by atoms with van der Waals surface area (Å²) in [6.07, 6.45) is -0.189. The van der Waals surface area contributed by atoms with Gasteiger partial charge in [-0.2, -0.15) is 15.8 Å². The van der Waals surface area contributed by atoms with Gasteiger partial charge in [-0.1, -0.05) is 42.5 Å². The molecule has 0 radical (unpaired) electrons. The van der Waals surface area contributed by atoms with Crippen LogP contribution in [0.3, 0.4) is 0 Å². The van der Waals surface area contributed by atoms with E-state index in [1.54, 1.807) is 24.3 Å². The van der Waals surface area contributed by atoms with E-state index in [9.17, 15) is 15.8 Å². The van der Waals surface area contributed by atoms with Crippen molar-refractivity contribution >= 4 is 5.90 Å². The summed E-state index contributed by atoms with van der Waals surface area (Å²) in [6, 6.07) is 23.1. The van der Waals surface area contributed by atoms with Gasteiger partial charge in [0.1, 0.15) is 18.5 Å². The van der Waals surface area contributed by atoms with E-state index in [0.29, 0.717) is 44.0 Å². The number of rotatable bonds is 4. The van der Waals surface area contributed by atoms with E-state index in [0.717, 1.165) is 5.56 Å². The van der Waals surface area contributed by atoms with Gasteiger partial charge in [-0.05, 0) is 23.3 Å². The fraction of sp³-hybridized carbons (Fsp3) is 0.429. The van der Waals surface area contributed by atoms with Gasteiger partial charge in [0.15, 0.2) is 11.2 Å². The number of nitrogens with zero attached hydrogens (tertiary/aromatic N) is 3. The highest BCUT2D eigenvalue weighted by Crippen LogP contribution is 2.70. The first-order valence-corrected chi connectivity index (χ1v) is 12.2. The van der Waals surface area contributed by atoms with Crippen molar-refractivity contribution in [2.24, 2.45) is 16.7 Å². The van der Waals surface area contributed by atoms with E-state index in [-0.39, 0.29) is 6.42 Å². The minimum Gasteiger partial charge on any atom is -0.489 e. The summed E-state index contributed by atoms with van der Waals surface area (Å²) < 4.78 is 30.2. The first-order valence-electron chi connectivity index (χ1n) is 12.2. The van der Waals surface area contributed by atoms with Gasteiger partial charge in [-0.15, -0.1) is 0 Å². The Morgan fingerprint density at radius 3 is 2.27 bits per heavy atom. The van der Waals surface area contributed by atoms with Crippen LogP contribution in [0.25, 0.3) is 0 Å². The second kappa shape index (κ2) is 8.30. The van der Waals surface area contributed by atoms with Crippen LogP contribution in [0.1, 0.15) is 36.5 Å². The van der Waals surface area contributed by atoms with Gasteiger partial charge in [0.25, 0.3) is 0 Å². The topological polar surface area (TPSA) is 141 Å². The second-order valence-corrected chi connectivity index (χ2v) is 9.90. The number of hydrogen-bond donors (Lipinski definition) is 1. The molecule has 1 aliphatic carbocycles. The molecule has 2 aromatic carbocycles. The van der Waals surface area contributed by atoms with Crippen LogP contribution in [-0.4, -0.2) is 30.7 Å². The van der Waals surface area contributed by atoms with E-state index in [2.05, 4.69) is 18.2 Å². The summed E-state index contributed by atoms with van der Waals surface area (Å²) >= 11 is 0. The Morgan fingerprint density at radius 2 is 1.62 bits per heavy atom. The first-order chi connectivity index (χ1) is 18.0. The molecule has 2 bridgehead atoms. The lowest BCUT2D eigenvalue weighted by Crippen LogP contribution is -2.63. The Kier molecular flexibility index (Phi) is 5.26. The smallest absolute Gasteiger partial charge is 0.218 e.